The third kappa shape index (κ3) is 5.07. The van der Waals surface area contributed by atoms with Gasteiger partial charge in [-0.25, -0.2) is 0 Å². The minimum absolute atomic E-state index is 0.0640. The van der Waals surface area contributed by atoms with Crippen LogP contribution in [-0.4, -0.2) is 36.1 Å². The van der Waals surface area contributed by atoms with E-state index in [1.807, 2.05) is 72.5 Å². The monoisotopic (exact) mass is 339 g/mol. The highest BCUT2D eigenvalue weighted by atomic mass is 16.5. The molecule has 1 amide bonds. The molecule has 1 heterocycles. The average molecular weight is 339 g/mol. The Kier molecular flexibility index (Phi) is 6.07. The molecule has 4 heteroatoms. The number of hydrogen-bond donors (Lipinski definition) is 0. The summed E-state index contributed by atoms with van der Waals surface area (Å²) in [7, 11) is 0. The van der Waals surface area contributed by atoms with Crippen LogP contribution in [0.1, 0.15) is 25.3 Å². The summed E-state index contributed by atoms with van der Waals surface area (Å²) in [6.45, 7) is 3.73. The van der Waals surface area contributed by atoms with Crippen LogP contribution in [-0.2, 0) is 16.1 Å². The molecular weight excluding hydrogens is 314 g/mol. The second-order valence-corrected chi connectivity index (χ2v) is 6.39. The summed E-state index contributed by atoms with van der Waals surface area (Å²) >= 11 is 0. The Hall–Kier alpha value is -2.33. The molecule has 1 saturated heterocycles. The maximum absolute atomic E-state index is 12.5. The van der Waals surface area contributed by atoms with Crippen molar-refractivity contribution >= 4 is 5.91 Å². The van der Waals surface area contributed by atoms with Crippen molar-refractivity contribution in [3.8, 4) is 5.75 Å². The summed E-state index contributed by atoms with van der Waals surface area (Å²) in [4.78, 5) is 14.4. The molecule has 4 nitrogen and oxygen atoms in total. The summed E-state index contributed by atoms with van der Waals surface area (Å²) < 4.78 is 11.7. The van der Waals surface area contributed by atoms with Gasteiger partial charge in [0.25, 0.3) is 5.91 Å². The molecule has 2 aromatic carbocycles. The standard InChI is InChI=1S/C21H25NO3/c1-17(24-16-18-8-4-2-5-9-18)21(23)22-14-12-20(13-15-22)25-19-10-6-3-7-11-19/h2-11,17,20H,12-16H2,1H3. The van der Waals surface area contributed by atoms with Crippen LogP contribution in [0.15, 0.2) is 60.7 Å². The number of carbonyl (C=O) groups is 1. The van der Waals surface area contributed by atoms with Crippen molar-refractivity contribution in [2.75, 3.05) is 13.1 Å². The van der Waals surface area contributed by atoms with Gasteiger partial charge in [0.2, 0.25) is 0 Å². The molecule has 0 saturated carbocycles. The zero-order valence-corrected chi connectivity index (χ0v) is 14.6. The van der Waals surface area contributed by atoms with Gasteiger partial charge in [-0.2, -0.15) is 0 Å². The lowest BCUT2D eigenvalue weighted by atomic mass is 10.1. The molecule has 0 spiro atoms. The first kappa shape index (κ1) is 17.5. The van der Waals surface area contributed by atoms with Crippen LogP contribution in [0.25, 0.3) is 0 Å². The van der Waals surface area contributed by atoms with E-state index in [2.05, 4.69) is 0 Å². The molecule has 0 aromatic heterocycles. The summed E-state index contributed by atoms with van der Waals surface area (Å²) in [6.07, 6.45) is 1.46. The molecule has 0 bridgehead atoms. The van der Waals surface area contributed by atoms with Crippen LogP contribution in [0, 0.1) is 0 Å². The predicted octanol–water partition coefficient (Wildman–Crippen LogP) is 3.66. The van der Waals surface area contributed by atoms with Gasteiger partial charge in [0.15, 0.2) is 0 Å². The number of rotatable bonds is 6. The van der Waals surface area contributed by atoms with E-state index in [0.717, 1.165) is 37.2 Å². The van der Waals surface area contributed by atoms with Crippen molar-refractivity contribution in [3.63, 3.8) is 0 Å². The third-order valence-corrected chi connectivity index (χ3v) is 4.49. The van der Waals surface area contributed by atoms with E-state index in [4.69, 9.17) is 9.47 Å². The Morgan fingerprint density at radius 1 is 1.04 bits per heavy atom. The number of para-hydroxylation sites is 1. The fourth-order valence-corrected chi connectivity index (χ4v) is 3.01. The molecule has 1 unspecified atom stereocenters. The molecule has 0 N–H and O–H groups in total. The molecule has 132 valence electrons. The van der Waals surface area contributed by atoms with Crippen LogP contribution in [0.4, 0.5) is 0 Å². The Morgan fingerprint density at radius 2 is 1.64 bits per heavy atom. The van der Waals surface area contributed by atoms with Gasteiger partial charge in [-0.05, 0) is 24.6 Å². The van der Waals surface area contributed by atoms with Gasteiger partial charge in [0.1, 0.15) is 18.0 Å². The quantitative estimate of drug-likeness (QED) is 0.806. The number of piperidine rings is 1. The van der Waals surface area contributed by atoms with Crippen LogP contribution in [0.5, 0.6) is 5.75 Å². The molecule has 0 radical (unpaired) electrons. The summed E-state index contributed by atoms with van der Waals surface area (Å²) in [5, 5.41) is 0. The Labute approximate surface area is 149 Å². The SMILES string of the molecule is CC(OCc1ccccc1)C(=O)N1CCC(Oc2ccccc2)CC1. The molecule has 1 aliphatic heterocycles. The summed E-state index contributed by atoms with van der Waals surface area (Å²) in [5.74, 6) is 0.959. The van der Waals surface area contributed by atoms with E-state index in [1.54, 1.807) is 0 Å². The molecule has 2 aromatic rings. The van der Waals surface area contributed by atoms with Crippen LogP contribution in [0.2, 0.25) is 0 Å². The van der Waals surface area contributed by atoms with Gasteiger partial charge in [-0.15, -0.1) is 0 Å². The van der Waals surface area contributed by atoms with E-state index in [9.17, 15) is 4.79 Å². The van der Waals surface area contributed by atoms with Crippen LogP contribution >= 0.6 is 0 Å². The minimum atomic E-state index is -0.424. The van der Waals surface area contributed by atoms with Gasteiger partial charge < -0.3 is 14.4 Å². The summed E-state index contributed by atoms with van der Waals surface area (Å²) in [6, 6.07) is 19.8. The van der Waals surface area contributed by atoms with Crippen molar-refractivity contribution in [2.45, 2.75) is 38.6 Å². The van der Waals surface area contributed by atoms with Crippen LogP contribution < -0.4 is 4.74 Å². The zero-order valence-electron chi connectivity index (χ0n) is 14.6. The zero-order chi connectivity index (χ0) is 17.5. The van der Waals surface area contributed by atoms with Crippen molar-refractivity contribution in [1.29, 1.82) is 0 Å². The number of hydrogen-bond acceptors (Lipinski definition) is 3. The molecule has 3 rings (SSSR count). The van der Waals surface area contributed by atoms with Crippen molar-refractivity contribution < 1.29 is 14.3 Å². The molecule has 1 atom stereocenters. The molecule has 1 fully saturated rings. The molecule has 1 aliphatic rings. The molecule has 0 aliphatic carbocycles. The minimum Gasteiger partial charge on any atom is -0.490 e. The van der Waals surface area contributed by atoms with Gasteiger partial charge in [-0.3, -0.25) is 4.79 Å². The Balaban J connectivity index is 1.43. The van der Waals surface area contributed by atoms with Gasteiger partial charge in [0, 0.05) is 25.9 Å². The largest absolute Gasteiger partial charge is 0.490 e. The van der Waals surface area contributed by atoms with Gasteiger partial charge in [0.05, 0.1) is 6.61 Å². The summed E-state index contributed by atoms with van der Waals surface area (Å²) in [5.41, 5.74) is 1.08. The predicted molar refractivity (Wildman–Crippen MR) is 97.4 cm³/mol. The lowest BCUT2D eigenvalue weighted by Crippen LogP contribution is -2.45. The highest BCUT2D eigenvalue weighted by molar-refractivity contribution is 5.80. The molecular formula is C21H25NO3. The number of ether oxygens (including phenoxy) is 2. The van der Waals surface area contributed by atoms with E-state index >= 15 is 0 Å². The smallest absolute Gasteiger partial charge is 0.251 e. The van der Waals surface area contributed by atoms with Gasteiger partial charge in [-0.1, -0.05) is 48.5 Å². The fraction of sp³-hybridized carbons (Fsp3) is 0.381. The average Bonchev–Trinajstić information content (AvgIpc) is 2.68. The Morgan fingerprint density at radius 3 is 2.28 bits per heavy atom. The van der Waals surface area contributed by atoms with E-state index in [0.29, 0.717) is 6.61 Å². The maximum atomic E-state index is 12.5. The fourth-order valence-electron chi connectivity index (χ4n) is 3.01. The van der Waals surface area contributed by atoms with Crippen LogP contribution in [0.3, 0.4) is 0 Å². The first-order valence-electron chi connectivity index (χ1n) is 8.88. The Bertz CT molecular complexity index is 651. The number of nitrogens with zero attached hydrogens (tertiary/aromatic N) is 1. The van der Waals surface area contributed by atoms with Gasteiger partial charge >= 0.3 is 0 Å². The number of carbonyl (C=O) groups excluding carboxylic acids is 1. The lowest BCUT2D eigenvalue weighted by molar-refractivity contribution is -0.145. The highest BCUT2D eigenvalue weighted by Crippen LogP contribution is 2.19. The van der Waals surface area contributed by atoms with E-state index < -0.39 is 6.10 Å². The normalized spacial score (nSPS) is 16.4. The third-order valence-electron chi connectivity index (χ3n) is 4.49. The van der Waals surface area contributed by atoms with Crippen molar-refractivity contribution in [1.82, 2.24) is 4.90 Å². The first-order valence-corrected chi connectivity index (χ1v) is 8.88. The maximum Gasteiger partial charge on any atom is 0.251 e. The number of likely N-dealkylation sites (tertiary alicyclic amines) is 1. The van der Waals surface area contributed by atoms with Crippen molar-refractivity contribution in [2.24, 2.45) is 0 Å². The van der Waals surface area contributed by atoms with Crippen molar-refractivity contribution in [3.05, 3.63) is 66.2 Å². The number of amides is 1. The molecule has 25 heavy (non-hydrogen) atoms. The lowest BCUT2D eigenvalue weighted by Gasteiger charge is -2.33. The van der Waals surface area contributed by atoms with E-state index in [-0.39, 0.29) is 12.0 Å². The second-order valence-electron chi connectivity index (χ2n) is 6.39. The number of benzene rings is 2. The topological polar surface area (TPSA) is 38.8 Å². The van der Waals surface area contributed by atoms with E-state index in [1.165, 1.54) is 0 Å². The second kappa shape index (κ2) is 8.67. The highest BCUT2D eigenvalue weighted by Gasteiger charge is 2.27. The first-order chi connectivity index (χ1) is 12.2.